The lowest BCUT2D eigenvalue weighted by Crippen LogP contribution is -2.48. The van der Waals surface area contributed by atoms with Crippen LogP contribution in [0.3, 0.4) is 0 Å². The van der Waals surface area contributed by atoms with E-state index >= 15 is 0 Å². The van der Waals surface area contributed by atoms with E-state index in [9.17, 15) is 13.2 Å². The van der Waals surface area contributed by atoms with Crippen LogP contribution in [-0.4, -0.2) is 37.8 Å². The van der Waals surface area contributed by atoms with Crippen LogP contribution in [0.15, 0.2) is 0 Å². The van der Waals surface area contributed by atoms with Crippen molar-refractivity contribution in [1.82, 2.24) is 5.32 Å². The molecule has 1 atom stereocenters. The van der Waals surface area contributed by atoms with Gasteiger partial charge in [0.05, 0.1) is 0 Å². The minimum absolute atomic E-state index is 0.298. The molecule has 0 rings (SSSR count). The van der Waals surface area contributed by atoms with Crippen molar-refractivity contribution in [2.24, 2.45) is 5.92 Å². The van der Waals surface area contributed by atoms with Crippen molar-refractivity contribution in [2.75, 3.05) is 18.7 Å². The smallest absolute Gasteiger partial charge is 0.240 e. The van der Waals surface area contributed by atoms with E-state index < -0.39 is 20.5 Å². The van der Waals surface area contributed by atoms with Crippen LogP contribution in [-0.2, 0) is 14.6 Å². The van der Waals surface area contributed by atoms with Gasteiger partial charge in [-0.3, -0.25) is 4.79 Å². The van der Waals surface area contributed by atoms with Crippen LogP contribution in [0.5, 0.6) is 0 Å². The summed E-state index contributed by atoms with van der Waals surface area (Å²) >= 11 is 5.64. The van der Waals surface area contributed by atoms with Gasteiger partial charge in [-0.05, 0) is 26.2 Å². The molecule has 0 radical (unpaired) electrons. The molecule has 0 spiro atoms. The Morgan fingerprint density at radius 2 is 1.94 bits per heavy atom. The van der Waals surface area contributed by atoms with E-state index in [-0.39, 0.29) is 0 Å². The molecule has 0 saturated heterocycles. The molecule has 0 aromatic rings. The second-order valence-electron chi connectivity index (χ2n) is 4.74. The predicted molar refractivity (Wildman–Crippen MR) is 71.1 cm³/mol. The normalized spacial score (nSPS) is 14.4. The number of alkyl halides is 1. The van der Waals surface area contributed by atoms with Gasteiger partial charge in [0.15, 0.2) is 9.84 Å². The van der Waals surface area contributed by atoms with Crippen molar-refractivity contribution in [2.45, 2.75) is 38.4 Å². The first kappa shape index (κ1) is 16.7. The van der Waals surface area contributed by atoms with Crippen molar-refractivity contribution in [3.8, 4) is 0 Å². The molecule has 0 aliphatic rings. The lowest BCUT2D eigenvalue weighted by atomic mass is 10.0. The Kier molecular flexibility index (Phi) is 6.48. The van der Waals surface area contributed by atoms with Crippen LogP contribution >= 0.6 is 11.6 Å². The van der Waals surface area contributed by atoms with Gasteiger partial charge in [-0.15, -0.1) is 11.6 Å². The zero-order valence-electron chi connectivity index (χ0n) is 10.9. The van der Waals surface area contributed by atoms with Crippen LogP contribution < -0.4 is 5.32 Å². The van der Waals surface area contributed by atoms with Crippen molar-refractivity contribution in [3.05, 3.63) is 0 Å². The van der Waals surface area contributed by atoms with Crippen LogP contribution in [0.2, 0.25) is 0 Å². The fourth-order valence-electron chi connectivity index (χ4n) is 1.22. The van der Waals surface area contributed by atoms with Gasteiger partial charge in [0.2, 0.25) is 5.91 Å². The molecule has 1 amide bonds. The Balaban J connectivity index is 4.46. The maximum absolute atomic E-state index is 11.8. The molecule has 1 N–H and O–H groups in total. The lowest BCUT2D eigenvalue weighted by Gasteiger charge is -2.23. The molecule has 0 bridgehead atoms. The molecular weight excluding hydrogens is 262 g/mol. The molecule has 6 heteroatoms. The molecule has 4 nitrogen and oxygen atoms in total. The largest absolute Gasteiger partial charge is 0.354 e. The monoisotopic (exact) mass is 283 g/mol. The molecule has 0 aliphatic carbocycles. The molecule has 1 unspecified atom stereocenters. The van der Waals surface area contributed by atoms with Crippen LogP contribution in [0, 0.1) is 5.92 Å². The zero-order chi connectivity index (χ0) is 13.7. The summed E-state index contributed by atoms with van der Waals surface area (Å²) in [5.74, 6) is 0.393. The number of hydrogen-bond acceptors (Lipinski definition) is 3. The summed E-state index contributed by atoms with van der Waals surface area (Å²) in [6.07, 6.45) is 2.80. The zero-order valence-corrected chi connectivity index (χ0v) is 12.5. The number of rotatable bonds is 7. The third-order valence-electron chi connectivity index (χ3n) is 3.12. The average molecular weight is 284 g/mol. The summed E-state index contributed by atoms with van der Waals surface area (Å²) in [5.41, 5.74) is 0. The molecule has 0 fully saturated rings. The van der Waals surface area contributed by atoms with E-state index in [0.29, 0.717) is 18.3 Å². The van der Waals surface area contributed by atoms with Crippen molar-refractivity contribution < 1.29 is 13.2 Å². The number of sulfone groups is 1. The standard InChI is InChI=1S/C11H22ClNO3S/c1-5-9(6-7-12)8-13-10(14)11(2,3)17(4,15)16/h9H,5-8H2,1-4H3,(H,13,14). The van der Waals surface area contributed by atoms with Gasteiger partial charge in [-0.1, -0.05) is 13.3 Å². The molecule has 0 aromatic heterocycles. The second kappa shape index (κ2) is 6.59. The number of halogens is 1. The first-order valence-corrected chi connectivity index (χ1v) is 8.13. The summed E-state index contributed by atoms with van der Waals surface area (Å²) in [6, 6.07) is 0. The number of amides is 1. The Morgan fingerprint density at radius 3 is 2.29 bits per heavy atom. The topological polar surface area (TPSA) is 63.2 Å². The van der Waals surface area contributed by atoms with Crippen LogP contribution in [0.25, 0.3) is 0 Å². The molecule has 0 aliphatic heterocycles. The Bertz CT molecular complexity index is 352. The van der Waals surface area contributed by atoms with Crippen molar-refractivity contribution >= 4 is 27.3 Å². The predicted octanol–water partition coefficient (Wildman–Crippen LogP) is 1.58. The molecule has 0 heterocycles. The van der Waals surface area contributed by atoms with E-state index in [1.807, 2.05) is 6.92 Å². The molecule has 102 valence electrons. The molecular formula is C11H22ClNO3S. The quantitative estimate of drug-likeness (QED) is 0.722. The summed E-state index contributed by atoms with van der Waals surface area (Å²) in [7, 11) is -3.41. The molecule has 0 aromatic carbocycles. The average Bonchev–Trinajstić information content (AvgIpc) is 2.21. The number of hydrogen-bond donors (Lipinski definition) is 1. The van der Waals surface area contributed by atoms with Gasteiger partial charge in [0.25, 0.3) is 0 Å². The van der Waals surface area contributed by atoms with Crippen molar-refractivity contribution in [3.63, 3.8) is 0 Å². The summed E-state index contributed by atoms with van der Waals surface area (Å²) in [6.45, 7) is 5.33. The van der Waals surface area contributed by atoms with Gasteiger partial charge < -0.3 is 5.32 Å². The second-order valence-corrected chi connectivity index (χ2v) is 7.69. The highest BCUT2D eigenvalue weighted by molar-refractivity contribution is 7.92. The SMILES string of the molecule is CCC(CCCl)CNC(=O)C(C)(C)S(C)(=O)=O. The lowest BCUT2D eigenvalue weighted by molar-refractivity contribution is -0.123. The van der Waals surface area contributed by atoms with E-state index in [4.69, 9.17) is 11.6 Å². The Hall–Kier alpha value is -0.290. The third-order valence-corrected chi connectivity index (χ3v) is 5.38. The minimum atomic E-state index is -3.41. The summed E-state index contributed by atoms with van der Waals surface area (Å²) in [5, 5.41) is 2.69. The highest BCUT2D eigenvalue weighted by Crippen LogP contribution is 2.16. The molecule has 17 heavy (non-hydrogen) atoms. The van der Waals surface area contributed by atoms with Crippen molar-refractivity contribution in [1.29, 1.82) is 0 Å². The minimum Gasteiger partial charge on any atom is -0.354 e. The van der Waals surface area contributed by atoms with E-state index in [0.717, 1.165) is 19.1 Å². The highest BCUT2D eigenvalue weighted by atomic mass is 35.5. The van der Waals surface area contributed by atoms with Gasteiger partial charge in [-0.2, -0.15) is 0 Å². The maximum Gasteiger partial charge on any atom is 0.240 e. The number of nitrogens with one attached hydrogen (secondary N) is 1. The van der Waals surface area contributed by atoms with E-state index in [1.54, 1.807) is 0 Å². The molecule has 0 saturated carbocycles. The van der Waals surface area contributed by atoms with Crippen LogP contribution in [0.1, 0.15) is 33.6 Å². The van der Waals surface area contributed by atoms with E-state index in [2.05, 4.69) is 5.32 Å². The Morgan fingerprint density at radius 1 is 1.41 bits per heavy atom. The highest BCUT2D eigenvalue weighted by Gasteiger charge is 2.38. The van der Waals surface area contributed by atoms with Crippen LogP contribution in [0.4, 0.5) is 0 Å². The maximum atomic E-state index is 11.8. The first-order chi connectivity index (χ1) is 7.66. The number of carbonyl (C=O) groups is 1. The van der Waals surface area contributed by atoms with Gasteiger partial charge >= 0.3 is 0 Å². The first-order valence-electron chi connectivity index (χ1n) is 5.70. The third kappa shape index (κ3) is 4.84. The number of carbonyl (C=O) groups excluding carboxylic acids is 1. The summed E-state index contributed by atoms with van der Waals surface area (Å²) < 4.78 is 21.5. The fraction of sp³-hybridized carbons (Fsp3) is 0.909. The van der Waals surface area contributed by atoms with E-state index in [1.165, 1.54) is 13.8 Å². The Labute approximate surface area is 109 Å². The van der Waals surface area contributed by atoms with Gasteiger partial charge in [0, 0.05) is 18.7 Å². The summed E-state index contributed by atoms with van der Waals surface area (Å²) in [4.78, 5) is 11.8. The van der Waals surface area contributed by atoms with Gasteiger partial charge in [0.1, 0.15) is 4.75 Å². The van der Waals surface area contributed by atoms with Gasteiger partial charge in [-0.25, -0.2) is 8.42 Å². The fourth-order valence-corrected chi connectivity index (χ4v) is 1.94.